The average molecular weight is 140 g/mol. The SMILES string of the molecule is C#CCCCC[C@@H](O)CC. The molecular weight excluding hydrogens is 124 g/mol. The van der Waals surface area contributed by atoms with E-state index < -0.39 is 0 Å². The number of terminal acetylenes is 1. The summed E-state index contributed by atoms with van der Waals surface area (Å²) in [5.41, 5.74) is 0. The zero-order valence-corrected chi connectivity index (χ0v) is 6.64. The Morgan fingerprint density at radius 1 is 1.50 bits per heavy atom. The van der Waals surface area contributed by atoms with Crippen molar-refractivity contribution in [1.82, 2.24) is 0 Å². The number of aliphatic hydroxyl groups excluding tert-OH is 1. The molecule has 0 bridgehead atoms. The van der Waals surface area contributed by atoms with Gasteiger partial charge in [-0.15, -0.1) is 12.3 Å². The Balaban J connectivity index is 2.98. The molecule has 0 aliphatic rings. The van der Waals surface area contributed by atoms with Gasteiger partial charge in [0.2, 0.25) is 0 Å². The molecule has 0 amide bonds. The largest absolute Gasteiger partial charge is 0.393 e. The van der Waals surface area contributed by atoms with E-state index in [1.54, 1.807) is 0 Å². The van der Waals surface area contributed by atoms with Crippen LogP contribution in [0, 0.1) is 12.3 Å². The lowest BCUT2D eigenvalue weighted by molar-refractivity contribution is 0.157. The summed E-state index contributed by atoms with van der Waals surface area (Å²) in [6, 6.07) is 0. The fourth-order valence-electron chi connectivity index (χ4n) is 0.811. The first kappa shape index (κ1) is 9.52. The van der Waals surface area contributed by atoms with Crippen molar-refractivity contribution in [3.63, 3.8) is 0 Å². The Morgan fingerprint density at radius 2 is 2.20 bits per heavy atom. The molecular formula is C9H16O. The summed E-state index contributed by atoms with van der Waals surface area (Å²) in [7, 11) is 0. The Bertz CT molecular complexity index is 102. The molecule has 0 aromatic rings. The molecule has 0 spiro atoms. The summed E-state index contributed by atoms with van der Waals surface area (Å²) in [6.45, 7) is 1.99. The molecule has 0 aromatic heterocycles. The molecule has 0 radical (unpaired) electrons. The lowest BCUT2D eigenvalue weighted by Gasteiger charge is -2.04. The number of hydrogen-bond acceptors (Lipinski definition) is 1. The van der Waals surface area contributed by atoms with Crippen molar-refractivity contribution in [3.8, 4) is 12.3 Å². The van der Waals surface area contributed by atoms with Crippen LogP contribution < -0.4 is 0 Å². The van der Waals surface area contributed by atoms with Crippen LogP contribution in [0.5, 0.6) is 0 Å². The van der Waals surface area contributed by atoms with E-state index in [0.29, 0.717) is 0 Å². The predicted octanol–water partition coefficient (Wildman–Crippen LogP) is 1.95. The standard InChI is InChI=1S/C9H16O/c1-3-5-6-7-8-9(10)4-2/h1,9-10H,4-8H2,2H3/t9-/m0/s1. The van der Waals surface area contributed by atoms with Gasteiger partial charge in [-0.25, -0.2) is 0 Å². The molecule has 1 heteroatoms. The highest BCUT2D eigenvalue weighted by atomic mass is 16.3. The predicted molar refractivity (Wildman–Crippen MR) is 43.6 cm³/mol. The zero-order chi connectivity index (χ0) is 7.82. The normalized spacial score (nSPS) is 12.5. The highest BCUT2D eigenvalue weighted by molar-refractivity contribution is 4.82. The molecule has 10 heavy (non-hydrogen) atoms. The van der Waals surface area contributed by atoms with E-state index in [1.165, 1.54) is 0 Å². The lowest BCUT2D eigenvalue weighted by Crippen LogP contribution is -2.02. The third-order valence-corrected chi connectivity index (χ3v) is 1.58. The monoisotopic (exact) mass is 140 g/mol. The zero-order valence-electron chi connectivity index (χ0n) is 6.64. The molecule has 0 fully saturated rings. The Kier molecular flexibility index (Phi) is 6.32. The van der Waals surface area contributed by atoms with Gasteiger partial charge in [0.25, 0.3) is 0 Å². The maximum atomic E-state index is 9.11. The second kappa shape index (κ2) is 6.64. The average Bonchev–Trinajstić information content (AvgIpc) is 1.98. The Labute approximate surface area is 63.5 Å². The van der Waals surface area contributed by atoms with Crippen LogP contribution in [0.2, 0.25) is 0 Å². The van der Waals surface area contributed by atoms with Crippen LogP contribution in [0.3, 0.4) is 0 Å². The van der Waals surface area contributed by atoms with E-state index in [2.05, 4.69) is 5.92 Å². The summed E-state index contributed by atoms with van der Waals surface area (Å²) >= 11 is 0. The maximum Gasteiger partial charge on any atom is 0.0537 e. The molecule has 1 atom stereocenters. The van der Waals surface area contributed by atoms with E-state index in [4.69, 9.17) is 11.5 Å². The van der Waals surface area contributed by atoms with Gasteiger partial charge in [0, 0.05) is 6.42 Å². The molecule has 0 saturated carbocycles. The molecule has 1 N–H and O–H groups in total. The summed E-state index contributed by atoms with van der Waals surface area (Å²) in [6.07, 6.45) is 9.66. The van der Waals surface area contributed by atoms with Crippen molar-refractivity contribution in [1.29, 1.82) is 0 Å². The quantitative estimate of drug-likeness (QED) is 0.457. The van der Waals surface area contributed by atoms with Gasteiger partial charge in [0.15, 0.2) is 0 Å². The Hall–Kier alpha value is -0.480. The Morgan fingerprint density at radius 3 is 2.70 bits per heavy atom. The fourth-order valence-corrected chi connectivity index (χ4v) is 0.811. The first-order valence-electron chi connectivity index (χ1n) is 3.92. The van der Waals surface area contributed by atoms with Gasteiger partial charge >= 0.3 is 0 Å². The van der Waals surface area contributed by atoms with Gasteiger partial charge in [-0.3, -0.25) is 0 Å². The van der Waals surface area contributed by atoms with Gasteiger partial charge in [-0.2, -0.15) is 0 Å². The van der Waals surface area contributed by atoms with Crippen LogP contribution in [0.25, 0.3) is 0 Å². The first-order chi connectivity index (χ1) is 4.81. The van der Waals surface area contributed by atoms with Crippen LogP contribution in [0.15, 0.2) is 0 Å². The third-order valence-electron chi connectivity index (χ3n) is 1.58. The van der Waals surface area contributed by atoms with Crippen LogP contribution >= 0.6 is 0 Å². The lowest BCUT2D eigenvalue weighted by atomic mass is 10.1. The van der Waals surface area contributed by atoms with Crippen molar-refractivity contribution in [3.05, 3.63) is 0 Å². The summed E-state index contributed by atoms with van der Waals surface area (Å²) < 4.78 is 0. The molecule has 0 aromatic carbocycles. The van der Waals surface area contributed by atoms with Gasteiger partial charge in [-0.1, -0.05) is 6.92 Å². The minimum Gasteiger partial charge on any atom is -0.393 e. The molecule has 0 rings (SSSR count). The summed E-state index contributed by atoms with van der Waals surface area (Å²) in [4.78, 5) is 0. The summed E-state index contributed by atoms with van der Waals surface area (Å²) in [5, 5.41) is 9.11. The van der Waals surface area contributed by atoms with Gasteiger partial charge < -0.3 is 5.11 Å². The van der Waals surface area contributed by atoms with Crippen molar-refractivity contribution in [2.45, 2.75) is 45.1 Å². The second-order valence-corrected chi connectivity index (χ2v) is 2.51. The number of unbranched alkanes of at least 4 members (excludes halogenated alkanes) is 2. The topological polar surface area (TPSA) is 20.2 Å². The number of aliphatic hydroxyl groups is 1. The van der Waals surface area contributed by atoms with Crippen molar-refractivity contribution < 1.29 is 5.11 Å². The number of hydrogen-bond donors (Lipinski definition) is 1. The molecule has 0 heterocycles. The minimum atomic E-state index is -0.113. The third kappa shape index (κ3) is 5.65. The molecule has 58 valence electrons. The molecule has 0 aliphatic heterocycles. The van der Waals surface area contributed by atoms with Gasteiger partial charge in [0.05, 0.1) is 6.10 Å². The van der Waals surface area contributed by atoms with E-state index in [-0.39, 0.29) is 6.10 Å². The highest BCUT2D eigenvalue weighted by Crippen LogP contribution is 2.04. The number of rotatable bonds is 5. The van der Waals surface area contributed by atoms with Gasteiger partial charge in [-0.05, 0) is 25.7 Å². The van der Waals surface area contributed by atoms with Crippen molar-refractivity contribution >= 4 is 0 Å². The van der Waals surface area contributed by atoms with Crippen molar-refractivity contribution in [2.24, 2.45) is 0 Å². The van der Waals surface area contributed by atoms with E-state index >= 15 is 0 Å². The molecule has 0 aliphatic carbocycles. The molecule has 1 nitrogen and oxygen atoms in total. The van der Waals surface area contributed by atoms with E-state index in [1.807, 2.05) is 6.92 Å². The van der Waals surface area contributed by atoms with Crippen LogP contribution in [0.1, 0.15) is 39.0 Å². The summed E-state index contributed by atoms with van der Waals surface area (Å²) in [5.74, 6) is 2.58. The van der Waals surface area contributed by atoms with E-state index in [9.17, 15) is 0 Å². The van der Waals surface area contributed by atoms with Crippen LogP contribution in [-0.4, -0.2) is 11.2 Å². The maximum absolute atomic E-state index is 9.11. The fraction of sp³-hybridized carbons (Fsp3) is 0.778. The van der Waals surface area contributed by atoms with Crippen LogP contribution in [-0.2, 0) is 0 Å². The highest BCUT2D eigenvalue weighted by Gasteiger charge is 1.97. The minimum absolute atomic E-state index is 0.113. The van der Waals surface area contributed by atoms with Crippen LogP contribution in [0.4, 0.5) is 0 Å². The second-order valence-electron chi connectivity index (χ2n) is 2.51. The van der Waals surface area contributed by atoms with Gasteiger partial charge in [0.1, 0.15) is 0 Å². The smallest absolute Gasteiger partial charge is 0.0537 e. The molecule has 0 unspecified atom stereocenters. The molecule has 0 saturated heterocycles. The van der Waals surface area contributed by atoms with Crippen molar-refractivity contribution in [2.75, 3.05) is 0 Å². The first-order valence-corrected chi connectivity index (χ1v) is 3.92. The van der Waals surface area contributed by atoms with E-state index in [0.717, 1.165) is 32.1 Å².